The molecule has 3 nitrogen and oxygen atoms in total. The summed E-state index contributed by atoms with van der Waals surface area (Å²) in [7, 11) is 0. The van der Waals surface area contributed by atoms with Crippen LogP contribution in [0.5, 0.6) is 0 Å². The molecule has 2 rings (SSSR count). The van der Waals surface area contributed by atoms with E-state index in [0.29, 0.717) is 42.3 Å². The number of anilines is 1. The molecule has 0 saturated carbocycles. The summed E-state index contributed by atoms with van der Waals surface area (Å²) in [5, 5.41) is 11.0. The fourth-order valence-electron chi connectivity index (χ4n) is 1.99. The van der Waals surface area contributed by atoms with Crippen LogP contribution in [0.3, 0.4) is 0 Å². The highest BCUT2D eigenvalue weighted by molar-refractivity contribution is 6.31. The van der Waals surface area contributed by atoms with Crippen LogP contribution in [-0.4, -0.2) is 18.3 Å². The van der Waals surface area contributed by atoms with Crippen LogP contribution in [0.1, 0.15) is 18.4 Å². The van der Waals surface area contributed by atoms with Crippen molar-refractivity contribution in [1.29, 1.82) is 0 Å². The van der Waals surface area contributed by atoms with Crippen LogP contribution in [0.25, 0.3) is 0 Å². The van der Waals surface area contributed by atoms with Crippen molar-refractivity contribution >= 4 is 17.3 Å². The van der Waals surface area contributed by atoms with Gasteiger partial charge < -0.3 is 15.6 Å². The first-order chi connectivity index (χ1) is 7.13. The van der Waals surface area contributed by atoms with Gasteiger partial charge in [0.05, 0.1) is 5.60 Å². The monoisotopic (exact) mass is 227 g/mol. The fourth-order valence-corrected chi connectivity index (χ4v) is 2.35. The van der Waals surface area contributed by atoms with Gasteiger partial charge in [-0.05, 0) is 12.1 Å². The molecule has 0 aliphatic carbocycles. The summed E-state index contributed by atoms with van der Waals surface area (Å²) in [6, 6.07) is 5.29. The van der Waals surface area contributed by atoms with Gasteiger partial charge in [-0.15, -0.1) is 0 Å². The van der Waals surface area contributed by atoms with Gasteiger partial charge in [-0.25, -0.2) is 0 Å². The van der Waals surface area contributed by atoms with Gasteiger partial charge in [0.15, 0.2) is 0 Å². The lowest BCUT2D eigenvalue weighted by atomic mass is 9.85. The van der Waals surface area contributed by atoms with Crippen molar-refractivity contribution in [2.24, 2.45) is 0 Å². The van der Waals surface area contributed by atoms with E-state index >= 15 is 0 Å². The summed E-state index contributed by atoms with van der Waals surface area (Å²) < 4.78 is 5.22. The van der Waals surface area contributed by atoms with Crippen LogP contribution in [0, 0.1) is 0 Å². The van der Waals surface area contributed by atoms with E-state index in [0.717, 1.165) is 0 Å². The maximum absolute atomic E-state index is 10.5. The molecule has 0 atom stereocenters. The quantitative estimate of drug-likeness (QED) is 0.721. The second-order valence-electron chi connectivity index (χ2n) is 3.85. The number of halogens is 1. The van der Waals surface area contributed by atoms with Crippen molar-refractivity contribution in [3.63, 3.8) is 0 Å². The van der Waals surface area contributed by atoms with Crippen LogP contribution in [0.4, 0.5) is 5.69 Å². The molecule has 1 aliphatic heterocycles. The first-order valence-corrected chi connectivity index (χ1v) is 5.36. The van der Waals surface area contributed by atoms with Gasteiger partial charge in [0, 0.05) is 42.3 Å². The number of nitrogen functional groups attached to an aromatic ring is 1. The van der Waals surface area contributed by atoms with E-state index in [9.17, 15) is 5.11 Å². The minimum absolute atomic E-state index is 0.527. The first-order valence-electron chi connectivity index (χ1n) is 4.98. The van der Waals surface area contributed by atoms with Crippen LogP contribution in [0.2, 0.25) is 5.02 Å². The van der Waals surface area contributed by atoms with Crippen LogP contribution < -0.4 is 5.73 Å². The molecule has 1 aromatic carbocycles. The number of hydrogen-bond donors (Lipinski definition) is 2. The third-order valence-electron chi connectivity index (χ3n) is 2.83. The maximum atomic E-state index is 10.5. The highest BCUT2D eigenvalue weighted by Gasteiger charge is 2.35. The second kappa shape index (κ2) is 4.00. The molecular weight excluding hydrogens is 214 g/mol. The average Bonchev–Trinajstić information content (AvgIpc) is 2.18. The van der Waals surface area contributed by atoms with Crippen molar-refractivity contribution in [3.05, 3.63) is 28.8 Å². The van der Waals surface area contributed by atoms with Gasteiger partial charge in [0.25, 0.3) is 0 Å². The van der Waals surface area contributed by atoms with Crippen molar-refractivity contribution in [2.75, 3.05) is 18.9 Å². The lowest BCUT2D eigenvalue weighted by Crippen LogP contribution is -2.34. The van der Waals surface area contributed by atoms with Gasteiger partial charge in [-0.3, -0.25) is 0 Å². The van der Waals surface area contributed by atoms with E-state index in [1.165, 1.54) is 0 Å². The maximum Gasteiger partial charge on any atom is 0.0974 e. The highest BCUT2D eigenvalue weighted by Crippen LogP contribution is 2.39. The average molecular weight is 228 g/mol. The second-order valence-corrected chi connectivity index (χ2v) is 4.26. The molecule has 0 bridgehead atoms. The molecule has 0 amide bonds. The number of nitrogens with two attached hydrogens (primary N) is 1. The highest BCUT2D eigenvalue weighted by atomic mass is 35.5. The predicted octanol–water partition coefficient (Wildman–Crippen LogP) is 1.92. The van der Waals surface area contributed by atoms with Crippen molar-refractivity contribution in [3.8, 4) is 0 Å². The molecule has 1 heterocycles. The van der Waals surface area contributed by atoms with E-state index < -0.39 is 5.60 Å². The van der Waals surface area contributed by atoms with Gasteiger partial charge in [0.1, 0.15) is 0 Å². The third-order valence-corrected chi connectivity index (χ3v) is 3.15. The van der Waals surface area contributed by atoms with E-state index in [4.69, 9.17) is 22.1 Å². The van der Waals surface area contributed by atoms with Gasteiger partial charge >= 0.3 is 0 Å². The SMILES string of the molecule is Nc1cccc(Cl)c1C1(O)CCOCC1. The van der Waals surface area contributed by atoms with Gasteiger partial charge in [-0.1, -0.05) is 17.7 Å². The molecule has 1 aromatic rings. The Morgan fingerprint density at radius 3 is 2.60 bits per heavy atom. The van der Waals surface area contributed by atoms with Crippen molar-refractivity contribution in [1.82, 2.24) is 0 Å². The molecule has 4 heteroatoms. The zero-order chi connectivity index (χ0) is 10.9. The lowest BCUT2D eigenvalue weighted by molar-refractivity contribution is -0.0673. The summed E-state index contributed by atoms with van der Waals surface area (Å²) in [5.74, 6) is 0. The number of rotatable bonds is 1. The summed E-state index contributed by atoms with van der Waals surface area (Å²) >= 11 is 6.07. The molecule has 0 radical (unpaired) electrons. The topological polar surface area (TPSA) is 55.5 Å². The summed E-state index contributed by atoms with van der Waals surface area (Å²) in [4.78, 5) is 0. The fraction of sp³-hybridized carbons (Fsp3) is 0.455. The number of benzene rings is 1. The van der Waals surface area contributed by atoms with E-state index in [2.05, 4.69) is 0 Å². The molecule has 3 N–H and O–H groups in total. The Morgan fingerprint density at radius 1 is 1.33 bits per heavy atom. The lowest BCUT2D eigenvalue weighted by Gasteiger charge is -2.33. The molecule has 0 unspecified atom stereocenters. The molecule has 82 valence electrons. The van der Waals surface area contributed by atoms with Crippen LogP contribution in [-0.2, 0) is 10.3 Å². The molecule has 1 fully saturated rings. The minimum Gasteiger partial charge on any atom is -0.398 e. The Hall–Kier alpha value is -0.770. The molecular formula is C11H14ClNO2. The summed E-state index contributed by atoms with van der Waals surface area (Å²) in [6.07, 6.45) is 1.09. The Labute approximate surface area is 93.8 Å². The van der Waals surface area contributed by atoms with Crippen LogP contribution in [0.15, 0.2) is 18.2 Å². The van der Waals surface area contributed by atoms with E-state index in [1.807, 2.05) is 0 Å². The number of aliphatic hydroxyl groups is 1. The van der Waals surface area contributed by atoms with E-state index in [-0.39, 0.29) is 0 Å². The smallest absolute Gasteiger partial charge is 0.0974 e. The first kappa shape index (κ1) is 10.7. The van der Waals surface area contributed by atoms with Gasteiger partial charge in [0.2, 0.25) is 0 Å². The Bertz CT molecular complexity index is 341. The predicted molar refractivity (Wildman–Crippen MR) is 59.8 cm³/mol. The number of ether oxygens (including phenoxy) is 1. The molecule has 1 saturated heterocycles. The zero-order valence-corrected chi connectivity index (χ0v) is 9.13. The third kappa shape index (κ3) is 1.95. The number of hydrogen-bond acceptors (Lipinski definition) is 3. The summed E-state index contributed by atoms with van der Waals surface area (Å²) in [5.41, 5.74) is 6.12. The minimum atomic E-state index is -0.930. The Kier molecular flexibility index (Phi) is 2.87. The zero-order valence-electron chi connectivity index (χ0n) is 8.37. The molecule has 1 aliphatic rings. The van der Waals surface area contributed by atoms with Gasteiger partial charge in [-0.2, -0.15) is 0 Å². The molecule has 0 aromatic heterocycles. The normalized spacial score (nSPS) is 20.1. The largest absolute Gasteiger partial charge is 0.398 e. The standard InChI is InChI=1S/C11H14ClNO2/c12-8-2-1-3-9(13)10(8)11(14)4-6-15-7-5-11/h1-3,14H,4-7,13H2. The molecule has 15 heavy (non-hydrogen) atoms. The van der Waals surface area contributed by atoms with E-state index in [1.54, 1.807) is 18.2 Å². The van der Waals surface area contributed by atoms with Crippen molar-refractivity contribution in [2.45, 2.75) is 18.4 Å². The Balaban J connectivity index is 2.42. The summed E-state index contributed by atoms with van der Waals surface area (Å²) in [6.45, 7) is 1.09. The Morgan fingerprint density at radius 2 is 2.00 bits per heavy atom. The van der Waals surface area contributed by atoms with Crippen molar-refractivity contribution < 1.29 is 9.84 Å². The van der Waals surface area contributed by atoms with Crippen LogP contribution >= 0.6 is 11.6 Å². The molecule has 0 spiro atoms.